The van der Waals surface area contributed by atoms with Crippen LogP contribution in [-0.4, -0.2) is 39.4 Å². The Kier molecular flexibility index (Phi) is 5.46. The van der Waals surface area contributed by atoms with Crippen molar-refractivity contribution >= 4 is 22.8 Å². The molecule has 1 aromatic heterocycles. The van der Waals surface area contributed by atoms with Crippen LogP contribution in [0.15, 0.2) is 35.3 Å². The van der Waals surface area contributed by atoms with E-state index in [2.05, 4.69) is 4.98 Å². The molecule has 2 amide bonds. The Morgan fingerprint density at radius 3 is 2.74 bits per heavy atom. The van der Waals surface area contributed by atoms with Crippen LogP contribution >= 0.6 is 0 Å². The van der Waals surface area contributed by atoms with Gasteiger partial charge >= 0.3 is 0 Å². The van der Waals surface area contributed by atoms with Crippen LogP contribution in [-0.2, 0) is 16.1 Å². The molecule has 7 heteroatoms. The quantitative estimate of drug-likeness (QED) is 0.804. The van der Waals surface area contributed by atoms with E-state index in [1.807, 2.05) is 13.0 Å². The van der Waals surface area contributed by atoms with Crippen LogP contribution in [0.4, 0.5) is 0 Å². The van der Waals surface area contributed by atoms with E-state index in [0.29, 0.717) is 17.6 Å². The third kappa shape index (κ3) is 4.15. The van der Waals surface area contributed by atoms with Gasteiger partial charge in [-0.05, 0) is 18.6 Å². The number of nitrogens with two attached hydrogens (primary N) is 1. The molecule has 0 spiro atoms. The number of amides is 2. The molecule has 23 heavy (non-hydrogen) atoms. The van der Waals surface area contributed by atoms with Crippen molar-refractivity contribution in [2.24, 2.45) is 5.73 Å². The molecule has 2 N–H and O–H groups in total. The summed E-state index contributed by atoms with van der Waals surface area (Å²) in [5.74, 6) is -0.878. The Balaban J connectivity index is 2.29. The summed E-state index contributed by atoms with van der Waals surface area (Å²) in [5.41, 5.74) is 6.07. The molecule has 0 fully saturated rings. The van der Waals surface area contributed by atoms with Crippen molar-refractivity contribution in [3.63, 3.8) is 0 Å². The molecule has 7 nitrogen and oxygen atoms in total. The van der Waals surface area contributed by atoms with Gasteiger partial charge in [-0.25, -0.2) is 4.98 Å². The van der Waals surface area contributed by atoms with E-state index in [1.165, 1.54) is 15.7 Å². The highest BCUT2D eigenvalue weighted by Gasteiger charge is 2.17. The van der Waals surface area contributed by atoms with Gasteiger partial charge in [-0.3, -0.25) is 19.0 Å². The van der Waals surface area contributed by atoms with Gasteiger partial charge in [0.1, 0.15) is 6.54 Å². The second-order valence-corrected chi connectivity index (χ2v) is 5.31. The molecule has 122 valence electrons. The molecule has 0 bridgehead atoms. The second-order valence-electron chi connectivity index (χ2n) is 5.31. The Morgan fingerprint density at radius 1 is 1.30 bits per heavy atom. The highest BCUT2D eigenvalue weighted by molar-refractivity contribution is 5.84. The maximum Gasteiger partial charge on any atom is 0.269 e. The molecule has 2 aromatic rings. The topological polar surface area (TPSA) is 98.3 Å². The lowest BCUT2D eigenvalue weighted by atomic mass is 10.2. The standard InChI is InChI=1S/C16H20N4O3/c1-2-3-8-19(10-14(17)21)16(23)11-20-13-7-5-4-6-12(13)18-9-15(20)22/h4-7,9H,2-3,8,10-11H2,1H3,(H2,17,21). The molecule has 0 radical (unpaired) electrons. The van der Waals surface area contributed by atoms with Crippen molar-refractivity contribution in [1.29, 1.82) is 0 Å². The van der Waals surface area contributed by atoms with Gasteiger partial charge in [-0.1, -0.05) is 25.5 Å². The molecule has 0 aliphatic rings. The highest BCUT2D eigenvalue weighted by atomic mass is 16.2. The number of aromatic nitrogens is 2. The molecule has 0 atom stereocenters. The van der Waals surface area contributed by atoms with Crippen LogP contribution in [0.2, 0.25) is 0 Å². The minimum atomic E-state index is -0.568. The molecule has 1 heterocycles. The average molecular weight is 316 g/mol. The van der Waals surface area contributed by atoms with E-state index in [1.54, 1.807) is 18.2 Å². The van der Waals surface area contributed by atoms with Gasteiger partial charge < -0.3 is 10.6 Å². The van der Waals surface area contributed by atoms with E-state index in [0.717, 1.165) is 12.8 Å². The van der Waals surface area contributed by atoms with Gasteiger partial charge in [0, 0.05) is 6.54 Å². The van der Waals surface area contributed by atoms with Gasteiger partial charge in [0.25, 0.3) is 5.56 Å². The number of hydrogen-bond acceptors (Lipinski definition) is 4. The molecule has 0 saturated carbocycles. The highest BCUT2D eigenvalue weighted by Crippen LogP contribution is 2.09. The Hall–Kier alpha value is -2.70. The number of primary amides is 1. The van der Waals surface area contributed by atoms with Crippen molar-refractivity contribution < 1.29 is 9.59 Å². The largest absolute Gasteiger partial charge is 0.368 e. The molecular weight excluding hydrogens is 296 g/mol. The van der Waals surface area contributed by atoms with Gasteiger partial charge in [-0.2, -0.15) is 0 Å². The van der Waals surface area contributed by atoms with E-state index in [9.17, 15) is 14.4 Å². The summed E-state index contributed by atoms with van der Waals surface area (Å²) >= 11 is 0. The van der Waals surface area contributed by atoms with Crippen molar-refractivity contribution in [2.75, 3.05) is 13.1 Å². The normalized spacial score (nSPS) is 10.7. The zero-order chi connectivity index (χ0) is 16.8. The summed E-state index contributed by atoms with van der Waals surface area (Å²) in [4.78, 5) is 41.2. The molecule has 0 unspecified atom stereocenters. The first-order valence-electron chi connectivity index (χ1n) is 7.53. The third-order valence-electron chi connectivity index (χ3n) is 3.53. The lowest BCUT2D eigenvalue weighted by Crippen LogP contribution is -2.42. The molecule has 1 aromatic carbocycles. The fourth-order valence-electron chi connectivity index (χ4n) is 2.34. The zero-order valence-corrected chi connectivity index (χ0v) is 13.1. The first-order valence-corrected chi connectivity index (χ1v) is 7.53. The van der Waals surface area contributed by atoms with Crippen LogP contribution in [0.25, 0.3) is 11.0 Å². The van der Waals surface area contributed by atoms with Gasteiger partial charge in [-0.15, -0.1) is 0 Å². The minimum Gasteiger partial charge on any atom is -0.368 e. The zero-order valence-electron chi connectivity index (χ0n) is 13.1. The first kappa shape index (κ1) is 16.7. The van der Waals surface area contributed by atoms with Crippen LogP contribution < -0.4 is 11.3 Å². The summed E-state index contributed by atoms with van der Waals surface area (Å²) in [6.07, 6.45) is 2.85. The second kappa shape index (κ2) is 7.53. The molecule has 2 rings (SSSR count). The summed E-state index contributed by atoms with van der Waals surface area (Å²) in [7, 11) is 0. The monoisotopic (exact) mass is 316 g/mol. The maximum absolute atomic E-state index is 12.5. The van der Waals surface area contributed by atoms with E-state index in [4.69, 9.17) is 5.73 Å². The van der Waals surface area contributed by atoms with Crippen LogP contribution in [0.1, 0.15) is 19.8 Å². The number of para-hydroxylation sites is 2. The SMILES string of the molecule is CCCCN(CC(N)=O)C(=O)Cn1c(=O)cnc2ccccc21. The number of carbonyl (C=O) groups excluding carboxylic acids is 2. The predicted molar refractivity (Wildman–Crippen MR) is 86.7 cm³/mol. The smallest absolute Gasteiger partial charge is 0.269 e. The van der Waals surface area contributed by atoms with Crippen molar-refractivity contribution in [1.82, 2.24) is 14.5 Å². The van der Waals surface area contributed by atoms with Crippen LogP contribution in [0.5, 0.6) is 0 Å². The van der Waals surface area contributed by atoms with E-state index < -0.39 is 5.91 Å². The minimum absolute atomic E-state index is 0.140. The molecule has 0 aliphatic carbocycles. The summed E-state index contributed by atoms with van der Waals surface area (Å²) in [5, 5.41) is 0. The third-order valence-corrected chi connectivity index (χ3v) is 3.53. The van der Waals surface area contributed by atoms with Crippen LogP contribution in [0, 0.1) is 0 Å². The van der Waals surface area contributed by atoms with E-state index >= 15 is 0 Å². The Bertz CT molecular complexity index is 769. The fraction of sp³-hybridized carbons (Fsp3) is 0.375. The lowest BCUT2D eigenvalue weighted by molar-refractivity contribution is -0.135. The van der Waals surface area contributed by atoms with Gasteiger partial charge in [0.2, 0.25) is 11.8 Å². The number of unbranched alkanes of at least 4 members (excludes halogenated alkanes) is 1. The van der Waals surface area contributed by atoms with Crippen molar-refractivity contribution in [3.8, 4) is 0 Å². The lowest BCUT2D eigenvalue weighted by Gasteiger charge is -2.21. The number of benzene rings is 1. The Labute approximate surface area is 133 Å². The summed E-state index contributed by atoms with van der Waals surface area (Å²) < 4.78 is 1.37. The van der Waals surface area contributed by atoms with E-state index in [-0.39, 0.29) is 24.6 Å². The average Bonchev–Trinajstić information content (AvgIpc) is 2.53. The van der Waals surface area contributed by atoms with Crippen LogP contribution in [0.3, 0.4) is 0 Å². The van der Waals surface area contributed by atoms with Crippen molar-refractivity contribution in [3.05, 3.63) is 40.8 Å². The number of rotatable bonds is 7. The number of nitrogens with zero attached hydrogens (tertiary/aromatic N) is 3. The number of carbonyl (C=O) groups is 2. The first-order chi connectivity index (χ1) is 11.0. The predicted octanol–water partition coefficient (Wildman–Crippen LogP) is 0.511. The van der Waals surface area contributed by atoms with Gasteiger partial charge in [0.05, 0.1) is 23.8 Å². The number of fused-ring (bicyclic) bond motifs is 1. The fourth-order valence-corrected chi connectivity index (χ4v) is 2.34. The molecular formula is C16H20N4O3. The summed E-state index contributed by atoms with van der Waals surface area (Å²) in [6.45, 7) is 2.15. The molecule has 0 saturated heterocycles. The molecule has 0 aliphatic heterocycles. The Morgan fingerprint density at radius 2 is 2.04 bits per heavy atom. The number of hydrogen-bond donors (Lipinski definition) is 1. The van der Waals surface area contributed by atoms with Gasteiger partial charge in [0.15, 0.2) is 0 Å². The maximum atomic E-state index is 12.5. The summed E-state index contributed by atoms with van der Waals surface area (Å²) in [6, 6.07) is 7.10. The van der Waals surface area contributed by atoms with Crippen molar-refractivity contribution in [2.45, 2.75) is 26.3 Å².